The lowest BCUT2D eigenvalue weighted by Crippen LogP contribution is -2.31. The second-order valence-corrected chi connectivity index (χ2v) is 7.01. The fraction of sp³-hybridized carbons (Fsp3) is 0.125. The summed E-state index contributed by atoms with van der Waals surface area (Å²) in [6.07, 6.45) is 1.46. The Labute approximate surface area is 134 Å². The molecule has 3 nitrogen and oxygen atoms in total. The van der Waals surface area contributed by atoms with Gasteiger partial charge in [-0.2, -0.15) is 0 Å². The molecule has 0 bridgehead atoms. The van der Waals surface area contributed by atoms with Crippen LogP contribution in [0.3, 0.4) is 0 Å². The number of rotatable bonds is 5. The maximum Gasteiger partial charge on any atom is 0.264 e. The summed E-state index contributed by atoms with van der Waals surface area (Å²) in [6.45, 7) is 5.50. The van der Waals surface area contributed by atoms with Crippen LogP contribution in [0.2, 0.25) is 5.02 Å². The van der Waals surface area contributed by atoms with E-state index in [9.17, 15) is 12.8 Å². The molecule has 0 saturated heterocycles. The van der Waals surface area contributed by atoms with Crippen LogP contribution >= 0.6 is 11.6 Å². The van der Waals surface area contributed by atoms with E-state index in [1.165, 1.54) is 30.3 Å². The minimum atomic E-state index is -3.78. The van der Waals surface area contributed by atoms with E-state index in [1.54, 1.807) is 12.1 Å². The highest BCUT2D eigenvalue weighted by Gasteiger charge is 2.24. The molecule has 0 radical (unpaired) electrons. The van der Waals surface area contributed by atoms with E-state index in [0.29, 0.717) is 0 Å². The second kappa shape index (κ2) is 6.50. The van der Waals surface area contributed by atoms with Gasteiger partial charge >= 0.3 is 0 Å². The van der Waals surface area contributed by atoms with Crippen molar-refractivity contribution in [1.82, 2.24) is 0 Å². The standard InChI is InChI=1S/C16H15ClFNO2S/c1-3-10-19(13-6-9-16(18)15(17)11-13)22(20,21)14-7-4-12(2)5-8-14/h3-9,11H,1,10H2,2H3. The lowest BCUT2D eigenvalue weighted by Gasteiger charge is -2.23. The first-order chi connectivity index (χ1) is 10.4. The van der Waals surface area contributed by atoms with Crippen LogP contribution in [0.15, 0.2) is 60.0 Å². The van der Waals surface area contributed by atoms with Gasteiger partial charge in [-0.1, -0.05) is 35.4 Å². The van der Waals surface area contributed by atoms with Crippen molar-refractivity contribution in [3.63, 3.8) is 0 Å². The van der Waals surface area contributed by atoms with Crippen molar-refractivity contribution in [2.24, 2.45) is 0 Å². The number of anilines is 1. The van der Waals surface area contributed by atoms with Crippen LogP contribution in [-0.2, 0) is 10.0 Å². The summed E-state index contributed by atoms with van der Waals surface area (Å²) in [4.78, 5) is 0.153. The zero-order valence-corrected chi connectivity index (χ0v) is 13.5. The van der Waals surface area contributed by atoms with Crippen molar-refractivity contribution in [1.29, 1.82) is 0 Å². The Morgan fingerprint density at radius 2 is 1.86 bits per heavy atom. The van der Waals surface area contributed by atoms with Gasteiger partial charge in [-0.3, -0.25) is 4.31 Å². The van der Waals surface area contributed by atoms with Crippen molar-refractivity contribution < 1.29 is 12.8 Å². The molecule has 0 atom stereocenters. The monoisotopic (exact) mass is 339 g/mol. The molecule has 0 aliphatic rings. The molecule has 0 spiro atoms. The molecule has 22 heavy (non-hydrogen) atoms. The Kier molecular flexibility index (Phi) is 4.88. The van der Waals surface area contributed by atoms with Gasteiger partial charge in [-0.25, -0.2) is 12.8 Å². The third-order valence-corrected chi connectivity index (χ3v) is 5.19. The fourth-order valence-corrected chi connectivity index (χ4v) is 3.54. The smallest absolute Gasteiger partial charge is 0.262 e. The summed E-state index contributed by atoms with van der Waals surface area (Å²) in [5.41, 5.74) is 1.24. The quantitative estimate of drug-likeness (QED) is 0.767. The summed E-state index contributed by atoms with van der Waals surface area (Å²) < 4.78 is 40.0. The summed E-state index contributed by atoms with van der Waals surface area (Å²) >= 11 is 5.75. The van der Waals surface area contributed by atoms with Gasteiger partial charge in [0.25, 0.3) is 10.0 Å². The van der Waals surface area contributed by atoms with Gasteiger partial charge in [0, 0.05) is 0 Å². The van der Waals surface area contributed by atoms with Gasteiger partial charge in [0.2, 0.25) is 0 Å². The van der Waals surface area contributed by atoms with Gasteiger partial charge < -0.3 is 0 Å². The van der Waals surface area contributed by atoms with Gasteiger partial charge in [0.1, 0.15) is 5.82 Å². The van der Waals surface area contributed by atoms with E-state index >= 15 is 0 Å². The highest BCUT2D eigenvalue weighted by molar-refractivity contribution is 7.92. The maximum absolute atomic E-state index is 13.3. The highest BCUT2D eigenvalue weighted by Crippen LogP contribution is 2.27. The van der Waals surface area contributed by atoms with E-state index in [2.05, 4.69) is 6.58 Å². The molecule has 0 aliphatic heterocycles. The Morgan fingerprint density at radius 3 is 2.41 bits per heavy atom. The van der Waals surface area contributed by atoms with Crippen LogP contribution in [0.4, 0.5) is 10.1 Å². The highest BCUT2D eigenvalue weighted by atomic mass is 35.5. The Hall–Kier alpha value is -1.85. The molecule has 2 rings (SSSR count). The van der Waals surface area contributed by atoms with E-state index in [0.717, 1.165) is 15.9 Å². The first kappa shape index (κ1) is 16.5. The predicted octanol–water partition coefficient (Wildman–Crippen LogP) is 4.17. The molecule has 0 aliphatic carbocycles. The van der Waals surface area contributed by atoms with Crippen molar-refractivity contribution in [3.8, 4) is 0 Å². The molecule has 2 aromatic carbocycles. The number of aryl methyl sites for hydroxylation is 1. The molecule has 6 heteroatoms. The van der Waals surface area contributed by atoms with Crippen molar-refractivity contribution in [2.75, 3.05) is 10.8 Å². The Bertz CT molecular complexity index is 788. The van der Waals surface area contributed by atoms with Crippen LogP contribution in [0, 0.1) is 12.7 Å². The van der Waals surface area contributed by atoms with Crippen LogP contribution < -0.4 is 4.31 Å². The summed E-state index contributed by atoms with van der Waals surface area (Å²) in [6, 6.07) is 10.3. The average molecular weight is 340 g/mol. The molecular weight excluding hydrogens is 325 g/mol. The lowest BCUT2D eigenvalue weighted by molar-refractivity contribution is 0.592. The summed E-state index contributed by atoms with van der Waals surface area (Å²) in [5.74, 6) is -0.600. The van der Waals surface area contributed by atoms with E-state index in [1.807, 2.05) is 6.92 Å². The maximum atomic E-state index is 13.3. The average Bonchev–Trinajstić information content (AvgIpc) is 2.48. The van der Waals surface area contributed by atoms with Crippen molar-refractivity contribution >= 4 is 27.3 Å². The molecule has 2 aromatic rings. The third kappa shape index (κ3) is 3.31. The summed E-state index contributed by atoms with van der Waals surface area (Å²) in [5, 5.41) is -0.134. The molecule has 0 heterocycles. The first-order valence-electron chi connectivity index (χ1n) is 6.51. The zero-order chi connectivity index (χ0) is 16.3. The molecule has 0 aromatic heterocycles. The van der Waals surface area contributed by atoms with E-state index < -0.39 is 15.8 Å². The first-order valence-corrected chi connectivity index (χ1v) is 8.33. The minimum Gasteiger partial charge on any atom is -0.262 e. The largest absolute Gasteiger partial charge is 0.264 e. The molecule has 116 valence electrons. The molecule has 0 saturated carbocycles. The number of hydrogen-bond donors (Lipinski definition) is 0. The number of halogens is 2. The summed E-state index contributed by atoms with van der Waals surface area (Å²) in [7, 11) is -3.78. The third-order valence-electron chi connectivity index (χ3n) is 3.10. The van der Waals surface area contributed by atoms with Gasteiger partial charge in [-0.15, -0.1) is 6.58 Å². The number of hydrogen-bond acceptors (Lipinski definition) is 2. The van der Waals surface area contributed by atoms with Crippen LogP contribution in [0.25, 0.3) is 0 Å². The topological polar surface area (TPSA) is 37.4 Å². The number of benzene rings is 2. The van der Waals surface area contributed by atoms with E-state index in [4.69, 9.17) is 11.6 Å². The Balaban J connectivity index is 2.52. The fourth-order valence-electron chi connectivity index (χ4n) is 1.94. The van der Waals surface area contributed by atoms with Gasteiger partial charge in [0.15, 0.2) is 0 Å². The second-order valence-electron chi connectivity index (χ2n) is 4.74. The van der Waals surface area contributed by atoms with Crippen LogP contribution in [0.5, 0.6) is 0 Å². The predicted molar refractivity (Wildman–Crippen MR) is 87.3 cm³/mol. The number of nitrogens with zero attached hydrogens (tertiary/aromatic N) is 1. The van der Waals surface area contributed by atoms with Crippen molar-refractivity contribution in [2.45, 2.75) is 11.8 Å². The van der Waals surface area contributed by atoms with Gasteiger partial charge in [-0.05, 0) is 37.3 Å². The lowest BCUT2D eigenvalue weighted by atomic mass is 10.2. The number of sulfonamides is 1. The zero-order valence-electron chi connectivity index (χ0n) is 12.0. The van der Waals surface area contributed by atoms with Gasteiger partial charge in [0.05, 0.1) is 22.2 Å². The normalized spacial score (nSPS) is 11.2. The SMILES string of the molecule is C=CCN(c1ccc(F)c(Cl)c1)S(=O)(=O)c1ccc(C)cc1. The van der Waals surface area contributed by atoms with Crippen LogP contribution in [-0.4, -0.2) is 15.0 Å². The molecule has 0 fully saturated rings. The molecule has 0 amide bonds. The van der Waals surface area contributed by atoms with Crippen LogP contribution in [0.1, 0.15) is 5.56 Å². The Morgan fingerprint density at radius 1 is 1.23 bits per heavy atom. The molecular formula is C16H15ClFNO2S. The molecule has 0 unspecified atom stereocenters. The minimum absolute atomic E-state index is 0.0537. The van der Waals surface area contributed by atoms with E-state index in [-0.39, 0.29) is 22.2 Å². The van der Waals surface area contributed by atoms with Crippen molar-refractivity contribution in [3.05, 3.63) is 71.5 Å². The molecule has 0 N–H and O–H groups in total.